The predicted molar refractivity (Wildman–Crippen MR) is 153 cm³/mol. The van der Waals surface area contributed by atoms with Gasteiger partial charge in [0, 0.05) is 21.4 Å². The Hall–Kier alpha value is -3.89. The van der Waals surface area contributed by atoms with Gasteiger partial charge < -0.3 is 10.1 Å². The van der Waals surface area contributed by atoms with Crippen LogP contribution in [0.1, 0.15) is 18.7 Å². The minimum atomic E-state index is -0.777. The van der Waals surface area contributed by atoms with Crippen LogP contribution in [-0.2, 0) is 26.3 Å². The van der Waals surface area contributed by atoms with Crippen LogP contribution in [0.4, 0.5) is 11.4 Å². The summed E-state index contributed by atoms with van der Waals surface area (Å²) in [6.07, 6.45) is 0. The average molecular weight is 560 g/mol. The summed E-state index contributed by atoms with van der Waals surface area (Å²) in [5.74, 6) is -0.981. The van der Waals surface area contributed by atoms with Crippen LogP contribution in [-0.4, -0.2) is 34.6 Å². The molecule has 1 saturated heterocycles. The largest absolute Gasteiger partial charge is 0.497 e. The van der Waals surface area contributed by atoms with Crippen molar-refractivity contribution in [3.63, 3.8) is 0 Å². The molecule has 2 aliphatic rings. The van der Waals surface area contributed by atoms with E-state index in [9.17, 15) is 19.2 Å². The Morgan fingerprint density at radius 2 is 1.69 bits per heavy atom. The normalized spacial score (nSPS) is 19.6. The lowest BCUT2D eigenvalue weighted by Crippen LogP contribution is -2.41. The number of aromatic nitrogens is 1. The van der Waals surface area contributed by atoms with Gasteiger partial charge in [-0.15, -0.1) is 0 Å². The molecule has 0 radical (unpaired) electrons. The molecule has 2 aliphatic heterocycles. The number of amides is 3. The Bertz CT molecular complexity index is 1700. The first-order valence-corrected chi connectivity index (χ1v) is 14.1. The van der Waals surface area contributed by atoms with E-state index in [0.717, 1.165) is 27.0 Å². The van der Waals surface area contributed by atoms with Gasteiger partial charge >= 0.3 is 4.87 Å². The van der Waals surface area contributed by atoms with E-state index in [1.54, 1.807) is 31.4 Å². The van der Waals surface area contributed by atoms with Crippen LogP contribution in [0.3, 0.4) is 0 Å². The molecule has 3 heterocycles. The third-order valence-corrected chi connectivity index (χ3v) is 10.2. The van der Waals surface area contributed by atoms with Crippen molar-refractivity contribution in [1.29, 1.82) is 0 Å². The van der Waals surface area contributed by atoms with Gasteiger partial charge in [0.2, 0.25) is 17.7 Å². The van der Waals surface area contributed by atoms with Crippen molar-refractivity contribution in [1.82, 2.24) is 4.57 Å². The molecule has 0 bridgehead atoms. The Labute approximate surface area is 232 Å². The molecule has 2 atom stereocenters. The van der Waals surface area contributed by atoms with E-state index in [1.807, 2.05) is 56.3 Å². The molecule has 6 rings (SSSR count). The zero-order chi connectivity index (χ0) is 27.5. The molecule has 3 amide bonds. The topological polar surface area (TPSA) is 97.7 Å². The van der Waals surface area contributed by atoms with E-state index in [0.29, 0.717) is 22.2 Å². The number of imide groups is 1. The highest BCUT2D eigenvalue weighted by Gasteiger charge is 2.59. The second-order valence-corrected chi connectivity index (χ2v) is 12.2. The number of fused-ring (bicyclic) bond motifs is 3. The Morgan fingerprint density at radius 3 is 2.44 bits per heavy atom. The van der Waals surface area contributed by atoms with Crippen LogP contribution in [0.2, 0.25) is 0 Å². The van der Waals surface area contributed by atoms with Crippen molar-refractivity contribution in [3.8, 4) is 5.75 Å². The number of hydrogen-bond acceptors (Lipinski definition) is 7. The number of methoxy groups -OCH3 is 1. The molecule has 4 aromatic rings. The summed E-state index contributed by atoms with van der Waals surface area (Å²) >= 11 is 2.24. The van der Waals surface area contributed by atoms with Crippen LogP contribution in [0, 0.1) is 5.92 Å². The lowest BCUT2D eigenvalue weighted by Gasteiger charge is -2.36. The number of carbonyl (C=O) groups is 3. The molecule has 0 saturated carbocycles. The number of hydrogen-bond donors (Lipinski definition) is 1. The molecule has 1 fully saturated rings. The Morgan fingerprint density at radius 1 is 0.974 bits per heavy atom. The number of anilines is 2. The zero-order valence-electron chi connectivity index (χ0n) is 21.5. The van der Waals surface area contributed by atoms with Gasteiger partial charge in [-0.2, -0.15) is 0 Å². The van der Waals surface area contributed by atoms with Crippen molar-refractivity contribution >= 4 is 63.0 Å². The van der Waals surface area contributed by atoms with Gasteiger partial charge in [0.25, 0.3) is 0 Å². The fourth-order valence-corrected chi connectivity index (χ4v) is 8.46. The third kappa shape index (κ3) is 4.06. The fraction of sp³-hybridized carbons (Fsp3) is 0.241. The molecule has 8 nitrogen and oxygen atoms in total. The average Bonchev–Trinajstić information content (AvgIpc) is 3.38. The van der Waals surface area contributed by atoms with Gasteiger partial charge in [-0.05, 0) is 35.7 Å². The van der Waals surface area contributed by atoms with E-state index in [1.165, 1.54) is 21.2 Å². The van der Waals surface area contributed by atoms with Crippen molar-refractivity contribution in [2.75, 3.05) is 17.3 Å². The van der Waals surface area contributed by atoms with Gasteiger partial charge in [-0.3, -0.25) is 23.7 Å². The van der Waals surface area contributed by atoms with Gasteiger partial charge in [0.1, 0.15) is 17.5 Å². The Balaban J connectivity index is 1.31. The van der Waals surface area contributed by atoms with E-state index in [2.05, 4.69) is 5.32 Å². The molecule has 1 N–H and O–H groups in total. The fourth-order valence-electron chi connectivity index (χ4n) is 5.42. The van der Waals surface area contributed by atoms with Crippen LogP contribution in [0.15, 0.2) is 76.6 Å². The SMILES string of the molecule is COc1ccc(N2C(=O)C3Sc4c(sc(=O)n4CC(=O)Nc4cccc5ccccc45)C(C)(C)C3C2=O)cc1. The summed E-state index contributed by atoms with van der Waals surface area (Å²) in [4.78, 5) is 55.1. The first-order chi connectivity index (χ1) is 18.7. The van der Waals surface area contributed by atoms with E-state index in [-0.39, 0.29) is 29.1 Å². The maximum Gasteiger partial charge on any atom is 0.308 e. The van der Waals surface area contributed by atoms with Crippen LogP contribution >= 0.6 is 23.1 Å². The number of benzene rings is 3. The van der Waals surface area contributed by atoms with E-state index in [4.69, 9.17) is 4.74 Å². The van der Waals surface area contributed by atoms with Crippen LogP contribution < -0.4 is 19.8 Å². The van der Waals surface area contributed by atoms with E-state index < -0.39 is 16.6 Å². The molecule has 0 aliphatic carbocycles. The zero-order valence-corrected chi connectivity index (χ0v) is 23.1. The molecule has 2 unspecified atom stereocenters. The van der Waals surface area contributed by atoms with Crippen molar-refractivity contribution < 1.29 is 19.1 Å². The van der Waals surface area contributed by atoms with Crippen molar-refractivity contribution in [2.24, 2.45) is 5.92 Å². The second kappa shape index (κ2) is 9.39. The minimum Gasteiger partial charge on any atom is -0.497 e. The van der Waals surface area contributed by atoms with Crippen LogP contribution in [0.5, 0.6) is 5.75 Å². The quantitative estimate of drug-likeness (QED) is 0.358. The van der Waals surface area contributed by atoms with Crippen molar-refractivity contribution in [3.05, 3.63) is 81.3 Å². The summed E-state index contributed by atoms with van der Waals surface area (Å²) < 4.78 is 6.63. The van der Waals surface area contributed by atoms with Gasteiger partial charge in [0.15, 0.2) is 0 Å². The first-order valence-electron chi connectivity index (χ1n) is 12.4. The van der Waals surface area contributed by atoms with Gasteiger partial charge in [0.05, 0.1) is 23.7 Å². The lowest BCUT2D eigenvalue weighted by molar-refractivity contribution is -0.123. The van der Waals surface area contributed by atoms with Crippen molar-refractivity contribution in [2.45, 2.75) is 36.1 Å². The molecule has 0 spiro atoms. The predicted octanol–water partition coefficient (Wildman–Crippen LogP) is 4.65. The van der Waals surface area contributed by atoms with Gasteiger partial charge in [-0.25, -0.2) is 4.90 Å². The number of nitrogens with one attached hydrogen (secondary N) is 1. The monoisotopic (exact) mass is 559 g/mol. The number of rotatable bonds is 5. The highest BCUT2D eigenvalue weighted by atomic mass is 32.2. The van der Waals surface area contributed by atoms with E-state index >= 15 is 0 Å². The lowest BCUT2D eigenvalue weighted by atomic mass is 9.76. The molecule has 10 heteroatoms. The maximum atomic E-state index is 13.6. The molecule has 39 heavy (non-hydrogen) atoms. The van der Waals surface area contributed by atoms with Gasteiger partial charge in [-0.1, -0.05) is 73.3 Å². The minimum absolute atomic E-state index is 0.196. The Kier molecular flexibility index (Phi) is 6.11. The second-order valence-electron chi connectivity index (χ2n) is 10.1. The third-order valence-electron chi connectivity index (χ3n) is 7.40. The molecular formula is C29H25N3O5S2. The summed E-state index contributed by atoms with van der Waals surface area (Å²) in [5.41, 5.74) is 0.363. The summed E-state index contributed by atoms with van der Waals surface area (Å²) in [5, 5.41) is 4.70. The molecule has 1 aromatic heterocycles. The maximum absolute atomic E-state index is 13.6. The standard InChI is InChI=1S/C29H25N3O5S2/c1-29(2)22-23(26(35)32(25(22)34)17-11-13-18(37-3)14-12-17)38-27-24(29)39-28(36)31(27)15-21(33)30-20-10-6-8-16-7-4-5-9-19(16)20/h4-14,22-23H,15H2,1-3H3,(H,30,33). The smallest absolute Gasteiger partial charge is 0.308 e. The van der Waals surface area contributed by atoms with Crippen LogP contribution in [0.25, 0.3) is 10.8 Å². The number of nitrogens with zero attached hydrogens (tertiary/aromatic N) is 2. The summed E-state index contributed by atoms with van der Waals surface area (Å²) in [6.45, 7) is 3.59. The summed E-state index contributed by atoms with van der Waals surface area (Å²) in [7, 11) is 1.55. The summed E-state index contributed by atoms with van der Waals surface area (Å²) in [6, 6.07) is 20.2. The molecule has 3 aromatic carbocycles. The highest BCUT2D eigenvalue weighted by molar-refractivity contribution is 8.00. The molecular weight excluding hydrogens is 534 g/mol. The number of thioether (sulfide) groups is 1. The number of thiazole rings is 1. The number of ether oxygens (including phenoxy) is 1. The first kappa shape index (κ1) is 25.4. The molecule has 198 valence electrons. The highest BCUT2D eigenvalue weighted by Crippen LogP contribution is 2.54. The number of carbonyl (C=O) groups excluding carboxylic acids is 3.